The molecule has 1 saturated carbocycles. The van der Waals surface area contributed by atoms with Gasteiger partial charge in [0.15, 0.2) is 0 Å². The second-order valence-electron chi connectivity index (χ2n) is 12.7. The van der Waals surface area contributed by atoms with Gasteiger partial charge in [0.2, 0.25) is 0 Å². The molecule has 8 atom stereocenters. The number of esters is 3. The number of hydrogen-bond donors (Lipinski definition) is 1. The number of rotatable bonds is 4. The van der Waals surface area contributed by atoms with Crippen LogP contribution in [0.1, 0.15) is 63.7 Å². The zero-order chi connectivity index (χ0) is 29.2. The lowest BCUT2D eigenvalue weighted by molar-refractivity contribution is -0.347. The number of hydrogen-bond acceptors (Lipinski definition) is 8. The first-order chi connectivity index (χ1) is 19.4. The van der Waals surface area contributed by atoms with Crippen LogP contribution < -0.4 is 0 Å². The number of ether oxygens (including phenoxy) is 4. The van der Waals surface area contributed by atoms with E-state index in [-0.39, 0.29) is 24.9 Å². The number of allylic oxidation sites excluding steroid dienone is 1. The van der Waals surface area contributed by atoms with Crippen LogP contribution in [0.4, 0.5) is 0 Å². The smallest absolute Gasteiger partial charge is 0.339 e. The van der Waals surface area contributed by atoms with Crippen molar-refractivity contribution in [3.63, 3.8) is 0 Å². The molecule has 2 saturated heterocycles. The molecule has 216 valence electrons. The zero-order valence-electron chi connectivity index (χ0n) is 23.8. The van der Waals surface area contributed by atoms with Gasteiger partial charge in [0.25, 0.3) is 0 Å². The first-order valence-electron chi connectivity index (χ1n) is 14.2. The summed E-state index contributed by atoms with van der Waals surface area (Å²) in [4.78, 5) is 38.9. The Morgan fingerprint density at radius 1 is 1.07 bits per heavy atom. The molecule has 3 aliphatic carbocycles. The van der Waals surface area contributed by atoms with E-state index in [1.807, 2.05) is 32.9 Å². The number of cyclic esters (lactones) is 1. The molecule has 8 unspecified atom stereocenters. The lowest BCUT2D eigenvalue weighted by Crippen LogP contribution is -2.78. The average Bonchev–Trinajstić information content (AvgIpc) is 3.62. The summed E-state index contributed by atoms with van der Waals surface area (Å²) in [6.07, 6.45) is 5.63. The maximum absolute atomic E-state index is 13.4. The summed E-state index contributed by atoms with van der Waals surface area (Å²) in [5.41, 5.74) is 0.823. The fraction of sp³-hybridized carbons (Fsp3) is 0.515. The number of carbonyl (C=O) groups excluding carboxylic acids is 3. The highest BCUT2D eigenvalue weighted by atomic mass is 16.6. The van der Waals surface area contributed by atoms with Crippen LogP contribution in [0, 0.1) is 16.7 Å². The third-order valence-electron chi connectivity index (χ3n) is 10.6. The van der Waals surface area contributed by atoms with Crippen molar-refractivity contribution < 1.29 is 38.4 Å². The van der Waals surface area contributed by atoms with Crippen LogP contribution in [-0.4, -0.2) is 59.1 Å². The molecule has 6 rings (SSSR count). The Balaban J connectivity index is 1.45. The van der Waals surface area contributed by atoms with E-state index in [9.17, 15) is 19.5 Å². The van der Waals surface area contributed by atoms with Crippen LogP contribution >= 0.6 is 0 Å². The van der Waals surface area contributed by atoms with Crippen LogP contribution in [0.3, 0.4) is 0 Å². The zero-order valence-corrected chi connectivity index (χ0v) is 23.8. The first-order valence-corrected chi connectivity index (χ1v) is 14.2. The topological polar surface area (TPSA) is 108 Å². The highest BCUT2D eigenvalue weighted by Gasteiger charge is 2.75. The largest absolute Gasteiger partial charge is 0.463 e. The second-order valence-corrected chi connectivity index (χ2v) is 12.7. The molecule has 0 bridgehead atoms. The summed E-state index contributed by atoms with van der Waals surface area (Å²) in [5.74, 6) is -1.75. The predicted octanol–water partition coefficient (Wildman–Crippen LogP) is 4.38. The van der Waals surface area contributed by atoms with E-state index in [0.717, 1.165) is 5.57 Å². The maximum Gasteiger partial charge on any atom is 0.339 e. The fourth-order valence-corrected chi connectivity index (χ4v) is 8.11. The van der Waals surface area contributed by atoms with Gasteiger partial charge < -0.3 is 24.1 Å². The van der Waals surface area contributed by atoms with Crippen LogP contribution in [0.2, 0.25) is 0 Å². The molecule has 41 heavy (non-hydrogen) atoms. The van der Waals surface area contributed by atoms with Gasteiger partial charge in [0.1, 0.15) is 36.1 Å². The van der Waals surface area contributed by atoms with Gasteiger partial charge in [-0.15, -0.1) is 5.73 Å². The van der Waals surface area contributed by atoms with Gasteiger partial charge in [-0.2, -0.15) is 0 Å². The minimum Gasteiger partial charge on any atom is -0.463 e. The van der Waals surface area contributed by atoms with E-state index >= 15 is 0 Å². The molecule has 3 fully saturated rings. The Morgan fingerprint density at radius 3 is 2.49 bits per heavy atom. The number of benzene rings is 1. The highest BCUT2D eigenvalue weighted by molar-refractivity contribution is 5.93. The van der Waals surface area contributed by atoms with Gasteiger partial charge in [-0.25, -0.2) is 9.59 Å². The quantitative estimate of drug-likeness (QED) is 0.250. The number of aliphatic hydroxyl groups is 1. The van der Waals surface area contributed by atoms with Crippen molar-refractivity contribution in [2.24, 2.45) is 16.7 Å². The molecular formula is C33H36O8. The molecule has 2 aliphatic heterocycles. The van der Waals surface area contributed by atoms with Crippen molar-refractivity contribution in [1.29, 1.82) is 0 Å². The van der Waals surface area contributed by atoms with Crippen molar-refractivity contribution >= 4 is 17.9 Å². The van der Waals surface area contributed by atoms with E-state index in [2.05, 4.69) is 12.7 Å². The molecule has 5 aliphatic rings. The van der Waals surface area contributed by atoms with Gasteiger partial charge in [0, 0.05) is 23.2 Å². The van der Waals surface area contributed by atoms with E-state index in [1.54, 1.807) is 42.5 Å². The third kappa shape index (κ3) is 4.07. The normalized spacial score (nSPS) is 40.8. The Hall–Kier alpha value is -3.45. The van der Waals surface area contributed by atoms with Crippen LogP contribution in [0.5, 0.6) is 0 Å². The van der Waals surface area contributed by atoms with Crippen LogP contribution in [0.15, 0.2) is 71.5 Å². The Bertz CT molecular complexity index is 1420. The average molecular weight is 561 g/mol. The van der Waals surface area contributed by atoms with Crippen LogP contribution in [0.25, 0.3) is 0 Å². The number of aliphatic hydroxyl groups excluding tert-OH is 1. The summed E-state index contributed by atoms with van der Waals surface area (Å²) >= 11 is 0. The molecule has 0 radical (unpaired) electrons. The standard InChI is InChI=1S/C33H36O8/c1-20-14-15-23(39-28(36)21-10-6-5-7-11-21)25-30(2)16-17-33(18-24(34)38-19-33)41-32(30,4)26(35)27(31(20,25)3)40-29(37)22-12-8-9-13-22/h5-8,10-14,23,25-27,35H,15-19H2,1-4H3. The van der Waals surface area contributed by atoms with Crippen molar-refractivity contribution in [2.45, 2.75) is 82.9 Å². The Labute approximate surface area is 239 Å². The summed E-state index contributed by atoms with van der Waals surface area (Å²) in [6, 6.07) is 8.85. The van der Waals surface area contributed by atoms with E-state index in [0.29, 0.717) is 30.4 Å². The molecule has 0 aromatic heterocycles. The first kappa shape index (κ1) is 27.7. The molecule has 1 aromatic carbocycles. The molecular weight excluding hydrogens is 524 g/mol. The van der Waals surface area contributed by atoms with Crippen molar-refractivity contribution in [1.82, 2.24) is 0 Å². The van der Waals surface area contributed by atoms with Crippen molar-refractivity contribution in [2.75, 3.05) is 6.61 Å². The second kappa shape index (κ2) is 9.55. The predicted molar refractivity (Wildman–Crippen MR) is 147 cm³/mol. The highest BCUT2D eigenvalue weighted by Crippen LogP contribution is 2.68. The number of fused-ring (bicyclic) bond motifs is 3. The SMILES string of the molecule is CC1=CCC(OC(=O)c2ccccc2)C2C1(C)C(OC(=O)C1=CC=C=C1)C(O)C1(C)OC3(CCC21C)COC(=O)C3. The summed E-state index contributed by atoms with van der Waals surface area (Å²) in [6.45, 7) is 7.97. The summed E-state index contributed by atoms with van der Waals surface area (Å²) in [5, 5.41) is 12.2. The third-order valence-corrected chi connectivity index (χ3v) is 10.6. The molecule has 1 aromatic rings. The lowest BCUT2D eigenvalue weighted by Gasteiger charge is -2.69. The van der Waals surface area contributed by atoms with Crippen molar-refractivity contribution in [3.05, 3.63) is 77.1 Å². The fourth-order valence-electron chi connectivity index (χ4n) is 8.11. The van der Waals surface area contributed by atoms with E-state index in [1.165, 1.54) is 0 Å². The van der Waals surface area contributed by atoms with Crippen LogP contribution in [-0.2, 0) is 28.5 Å². The molecule has 8 heteroatoms. The molecule has 0 amide bonds. The van der Waals surface area contributed by atoms with Gasteiger partial charge in [-0.3, -0.25) is 4.79 Å². The minimum absolute atomic E-state index is 0.0898. The number of carbonyl (C=O) groups is 3. The van der Waals surface area contributed by atoms with Gasteiger partial charge >= 0.3 is 17.9 Å². The molecule has 1 spiro atoms. The van der Waals surface area contributed by atoms with Gasteiger partial charge in [-0.05, 0) is 57.0 Å². The molecule has 8 nitrogen and oxygen atoms in total. The van der Waals surface area contributed by atoms with Gasteiger partial charge in [0.05, 0.1) is 17.6 Å². The summed E-state index contributed by atoms with van der Waals surface area (Å²) < 4.78 is 24.6. The monoisotopic (exact) mass is 560 g/mol. The molecule has 1 N–H and O–H groups in total. The van der Waals surface area contributed by atoms with E-state index in [4.69, 9.17) is 18.9 Å². The van der Waals surface area contributed by atoms with Gasteiger partial charge in [-0.1, -0.05) is 43.7 Å². The van der Waals surface area contributed by atoms with Crippen molar-refractivity contribution in [3.8, 4) is 0 Å². The Kier molecular flexibility index (Phi) is 6.45. The summed E-state index contributed by atoms with van der Waals surface area (Å²) in [7, 11) is 0. The lowest BCUT2D eigenvalue weighted by atomic mass is 9.42. The van der Waals surface area contributed by atoms with E-state index < -0.39 is 52.3 Å². The Morgan fingerprint density at radius 2 is 1.83 bits per heavy atom. The maximum atomic E-state index is 13.4. The molecule has 2 heterocycles. The minimum atomic E-state index is -1.26.